The Labute approximate surface area is 192 Å². The molecule has 5 nitrogen and oxygen atoms in total. The van der Waals surface area contributed by atoms with E-state index in [-0.39, 0.29) is 24.0 Å². The molecule has 0 bridgehead atoms. The van der Waals surface area contributed by atoms with Gasteiger partial charge in [0.15, 0.2) is 15.8 Å². The Kier molecular flexibility index (Phi) is 10.7. The van der Waals surface area contributed by atoms with Gasteiger partial charge in [0.2, 0.25) is 0 Å². The van der Waals surface area contributed by atoms with Crippen LogP contribution in [0, 0.1) is 6.92 Å². The van der Waals surface area contributed by atoms with Crippen molar-refractivity contribution in [3.05, 3.63) is 64.7 Å². The third kappa shape index (κ3) is 8.34. The molecule has 2 aromatic carbocycles. The monoisotopic (exact) mass is 529 g/mol. The van der Waals surface area contributed by atoms with Gasteiger partial charge in [0, 0.05) is 19.3 Å². The molecule has 160 valence electrons. The number of benzene rings is 2. The number of halogens is 1. The van der Waals surface area contributed by atoms with Crippen LogP contribution < -0.4 is 10.6 Å². The Balaban J connectivity index is 0.00000420. The van der Waals surface area contributed by atoms with Crippen LogP contribution in [0.25, 0.3) is 0 Å². The molecule has 2 N–H and O–H groups in total. The number of aliphatic imine (C=N–C) groups is 1. The number of hydrogen-bond acceptors (Lipinski definition) is 3. The molecule has 2 rings (SSSR count). The summed E-state index contributed by atoms with van der Waals surface area (Å²) in [6.45, 7) is 8.08. The van der Waals surface area contributed by atoms with Crippen molar-refractivity contribution in [3.8, 4) is 0 Å². The number of guanidine groups is 1. The molecule has 29 heavy (non-hydrogen) atoms. The molecule has 0 aromatic heterocycles. The van der Waals surface area contributed by atoms with E-state index < -0.39 is 9.84 Å². The van der Waals surface area contributed by atoms with E-state index >= 15 is 0 Å². The quantitative estimate of drug-likeness (QED) is 0.310. The average molecular weight is 529 g/mol. The van der Waals surface area contributed by atoms with Crippen LogP contribution in [0.1, 0.15) is 36.1 Å². The first-order valence-electron chi connectivity index (χ1n) is 9.73. The van der Waals surface area contributed by atoms with Gasteiger partial charge in [-0.3, -0.25) is 0 Å². The summed E-state index contributed by atoms with van der Waals surface area (Å²) in [4.78, 5) is 4.99. The van der Waals surface area contributed by atoms with Crippen molar-refractivity contribution in [2.75, 3.05) is 19.3 Å². The van der Waals surface area contributed by atoms with E-state index in [1.807, 2.05) is 26.0 Å². The van der Waals surface area contributed by atoms with Crippen molar-refractivity contribution >= 4 is 39.8 Å². The highest BCUT2D eigenvalue weighted by atomic mass is 127. The van der Waals surface area contributed by atoms with Crippen LogP contribution in [0.15, 0.2) is 52.4 Å². The third-order valence-corrected chi connectivity index (χ3v) is 5.80. The van der Waals surface area contributed by atoms with E-state index in [1.54, 1.807) is 6.07 Å². The molecule has 0 aliphatic heterocycles. The van der Waals surface area contributed by atoms with Gasteiger partial charge in [-0.1, -0.05) is 43.3 Å². The highest BCUT2D eigenvalue weighted by molar-refractivity contribution is 14.0. The zero-order valence-corrected chi connectivity index (χ0v) is 20.8. The molecular formula is C22H32IN3O2S. The van der Waals surface area contributed by atoms with Crippen LogP contribution >= 0.6 is 24.0 Å². The molecule has 0 saturated heterocycles. The van der Waals surface area contributed by atoms with Crippen molar-refractivity contribution in [1.82, 2.24) is 10.6 Å². The van der Waals surface area contributed by atoms with E-state index in [0.717, 1.165) is 43.0 Å². The fourth-order valence-corrected chi connectivity index (χ4v) is 3.96. The van der Waals surface area contributed by atoms with Gasteiger partial charge in [-0.25, -0.2) is 13.4 Å². The van der Waals surface area contributed by atoms with E-state index in [4.69, 9.17) is 0 Å². The first-order chi connectivity index (χ1) is 13.3. The van der Waals surface area contributed by atoms with Crippen LogP contribution in [-0.4, -0.2) is 33.7 Å². The molecule has 0 radical (unpaired) electrons. The molecular weight excluding hydrogens is 497 g/mol. The third-order valence-electron chi connectivity index (χ3n) is 4.54. The van der Waals surface area contributed by atoms with Crippen LogP contribution in [-0.2, 0) is 29.2 Å². The van der Waals surface area contributed by atoms with Crippen molar-refractivity contribution in [1.29, 1.82) is 0 Å². The Bertz CT molecular complexity index is 910. The maximum atomic E-state index is 11.7. The van der Waals surface area contributed by atoms with Gasteiger partial charge in [0.25, 0.3) is 0 Å². The summed E-state index contributed by atoms with van der Waals surface area (Å²) in [7, 11) is -3.19. The summed E-state index contributed by atoms with van der Waals surface area (Å²) < 4.78 is 23.5. The van der Waals surface area contributed by atoms with Gasteiger partial charge >= 0.3 is 0 Å². The smallest absolute Gasteiger partial charge is 0.191 e. The predicted octanol–water partition coefficient (Wildman–Crippen LogP) is 3.88. The summed E-state index contributed by atoms with van der Waals surface area (Å²) in [5.41, 5.74) is 4.39. The lowest BCUT2D eigenvalue weighted by Crippen LogP contribution is -2.38. The van der Waals surface area contributed by atoms with E-state index in [9.17, 15) is 8.42 Å². The minimum absolute atomic E-state index is 0. The Morgan fingerprint density at radius 2 is 1.59 bits per heavy atom. The van der Waals surface area contributed by atoms with Gasteiger partial charge in [-0.05, 0) is 55.0 Å². The SMILES string of the molecule is CCNC(=NCc1ccc(S(C)(=O)=O)c(C)c1)NCCc1ccc(CC)cc1.I. The van der Waals surface area contributed by atoms with Crippen LogP contribution in [0.4, 0.5) is 0 Å². The van der Waals surface area contributed by atoms with Crippen LogP contribution in [0.2, 0.25) is 0 Å². The van der Waals surface area contributed by atoms with Crippen molar-refractivity contribution in [2.24, 2.45) is 4.99 Å². The molecule has 0 atom stereocenters. The maximum absolute atomic E-state index is 11.7. The lowest BCUT2D eigenvalue weighted by molar-refractivity contribution is 0.601. The minimum Gasteiger partial charge on any atom is -0.357 e. The average Bonchev–Trinajstić information content (AvgIpc) is 2.65. The number of rotatable bonds is 8. The van der Waals surface area contributed by atoms with Crippen LogP contribution in [0.5, 0.6) is 0 Å². The summed E-state index contributed by atoms with van der Waals surface area (Å²) in [5, 5.41) is 6.61. The maximum Gasteiger partial charge on any atom is 0.191 e. The topological polar surface area (TPSA) is 70.6 Å². The number of nitrogens with zero attached hydrogens (tertiary/aromatic N) is 1. The molecule has 0 fully saturated rings. The first kappa shape index (κ1) is 25.4. The minimum atomic E-state index is -3.19. The zero-order valence-electron chi connectivity index (χ0n) is 17.7. The molecule has 0 amide bonds. The Morgan fingerprint density at radius 3 is 2.14 bits per heavy atom. The predicted molar refractivity (Wildman–Crippen MR) is 132 cm³/mol. The van der Waals surface area contributed by atoms with E-state index in [2.05, 4.69) is 46.8 Å². The van der Waals surface area contributed by atoms with Gasteiger partial charge in [-0.15, -0.1) is 24.0 Å². The van der Waals surface area contributed by atoms with Gasteiger partial charge < -0.3 is 10.6 Å². The van der Waals surface area contributed by atoms with Gasteiger partial charge in [0.05, 0.1) is 11.4 Å². The molecule has 2 aromatic rings. The summed E-state index contributed by atoms with van der Waals surface area (Å²) >= 11 is 0. The molecule has 0 saturated carbocycles. The zero-order chi connectivity index (χ0) is 20.6. The highest BCUT2D eigenvalue weighted by Gasteiger charge is 2.10. The van der Waals surface area contributed by atoms with Gasteiger partial charge in [-0.2, -0.15) is 0 Å². The molecule has 0 heterocycles. The first-order valence-corrected chi connectivity index (χ1v) is 11.6. The summed E-state index contributed by atoms with van der Waals surface area (Å²) in [6, 6.07) is 14.1. The number of nitrogens with one attached hydrogen (secondary N) is 2. The van der Waals surface area contributed by atoms with E-state index in [1.165, 1.54) is 17.4 Å². The fourth-order valence-electron chi connectivity index (χ4n) is 3.00. The lowest BCUT2D eigenvalue weighted by atomic mass is 10.1. The Morgan fingerprint density at radius 1 is 0.966 bits per heavy atom. The second kappa shape index (κ2) is 12.2. The van der Waals surface area contributed by atoms with Crippen molar-refractivity contribution < 1.29 is 8.42 Å². The number of hydrogen-bond donors (Lipinski definition) is 2. The standard InChI is InChI=1S/C22H31N3O2S.HI/c1-5-18-7-9-19(10-8-18)13-14-24-22(23-6-2)25-16-20-11-12-21(17(3)15-20)28(4,26)27;/h7-12,15H,5-6,13-14,16H2,1-4H3,(H2,23,24,25);1H. The normalized spacial score (nSPS) is 11.7. The van der Waals surface area contributed by atoms with Crippen LogP contribution in [0.3, 0.4) is 0 Å². The summed E-state index contributed by atoms with van der Waals surface area (Å²) in [5.74, 6) is 0.762. The molecule has 0 spiro atoms. The molecule has 0 aliphatic carbocycles. The lowest BCUT2D eigenvalue weighted by Gasteiger charge is -2.12. The number of aryl methyl sites for hydroxylation is 2. The van der Waals surface area contributed by atoms with Crippen molar-refractivity contribution in [3.63, 3.8) is 0 Å². The molecule has 0 unspecified atom stereocenters. The fraction of sp³-hybridized carbons (Fsp3) is 0.409. The largest absolute Gasteiger partial charge is 0.357 e. The van der Waals surface area contributed by atoms with Crippen molar-refractivity contribution in [2.45, 2.75) is 45.1 Å². The molecule has 0 aliphatic rings. The Hall–Kier alpha value is -1.61. The number of sulfone groups is 1. The highest BCUT2D eigenvalue weighted by Crippen LogP contribution is 2.17. The second-order valence-corrected chi connectivity index (χ2v) is 8.90. The summed E-state index contributed by atoms with van der Waals surface area (Å²) in [6.07, 6.45) is 3.22. The van der Waals surface area contributed by atoms with Gasteiger partial charge in [0.1, 0.15) is 0 Å². The van der Waals surface area contributed by atoms with E-state index in [0.29, 0.717) is 11.4 Å². The second-order valence-electron chi connectivity index (χ2n) is 6.91. The molecule has 7 heteroatoms.